The zero-order valence-corrected chi connectivity index (χ0v) is 24.9. The maximum Gasteiger partial charge on any atom is 0.160 e. The lowest BCUT2D eigenvalue weighted by Crippen LogP contribution is -1.96. The molecule has 0 amide bonds. The molecular formula is C43H27N3. The lowest BCUT2D eigenvalue weighted by molar-refractivity contribution is 1.23. The van der Waals surface area contributed by atoms with Crippen molar-refractivity contribution in [3.8, 4) is 45.2 Å². The number of fused-ring (bicyclic) bond motifs is 5. The van der Waals surface area contributed by atoms with Gasteiger partial charge in [-0.15, -0.1) is 0 Å². The summed E-state index contributed by atoms with van der Waals surface area (Å²) in [4.78, 5) is 15.6. The van der Waals surface area contributed by atoms with E-state index in [1.807, 2.05) is 18.2 Å². The molecule has 2 aromatic heterocycles. The van der Waals surface area contributed by atoms with Crippen LogP contribution < -0.4 is 0 Å². The average molecular weight is 586 g/mol. The van der Waals surface area contributed by atoms with Crippen LogP contribution in [0.25, 0.3) is 88.4 Å². The van der Waals surface area contributed by atoms with Gasteiger partial charge in [-0.1, -0.05) is 133 Å². The van der Waals surface area contributed by atoms with Crippen LogP contribution in [-0.2, 0) is 0 Å². The SMILES string of the molecule is c1ccc(-c2nc(-c3ccc4ccccc4c3)c3ccc4ccc(-c5cccc(-c6cccc7ccccc67)n5)cc4c3n2)cc1. The van der Waals surface area contributed by atoms with Gasteiger partial charge in [0.05, 0.1) is 22.6 Å². The Kier molecular flexibility index (Phi) is 6.14. The molecular weight excluding hydrogens is 558 g/mol. The molecule has 0 fully saturated rings. The first-order valence-electron chi connectivity index (χ1n) is 15.5. The first-order valence-corrected chi connectivity index (χ1v) is 15.5. The minimum atomic E-state index is 0.713. The molecule has 9 aromatic rings. The smallest absolute Gasteiger partial charge is 0.160 e. The van der Waals surface area contributed by atoms with Crippen molar-refractivity contribution in [1.29, 1.82) is 0 Å². The number of pyridine rings is 1. The maximum atomic E-state index is 5.22. The van der Waals surface area contributed by atoms with Crippen LogP contribution >= 0.6 is 0 Å². The molecule has 2 heterocycles. The molecule has 9 rings (SSSR count). The van der Waals surface area contributed by atoms with Gasteiger partial charge in [0.15, 0.2) is 5.82 Å². The van der Waals surface area contributed by atoms with Gasteiger partial charge in [0.25, 0.3) is 0 Å². The average Bonchev–Trinajstić information content (AvgIpc) is 3.14. The molecule has 46 heavy (non-hydrogen) atoms. The van der Waals surface area contributed by atoms with E-state index in [0.29, 0.717) is 5.82 Å². The lowest BCUT2D eigenvalue weighted by atomic mass is 9.97. The molecule has 214 valence electrons. The van der Waals surface area contributed by atoms with Crippen LogP contribution in [0.5, 0.6) is 0 Å². The Morgan fingerprint density at radius 3 is 1.91 bits per heavy atom. The summed E-state index contributed by atoms with van der Waals surface area (Å²) in [6.45, 7) is 0. The van der Waals surface area contributed by atoms with E-state index in [4.69, 9.17) is 15.0 Å². The van der Waals surface area contributed by atoms with Crippen molar-refractivity contribution in [1.82, 2.24) is 15.0 Å². The summed E-state index contributed by atoms with van der Waals surface area (Å²) in [7, 11) is 0. The van der Waals surface area contributed by atoms with Crippen LogP contribution in [0, 0.1) is 0 Å². The third-order valence-corrected chi connectivity index (χ3v) is 8.85. The first kappa shape index (κ1) is 26.2. The van der Waals surface area contributed by atoms with E-state index in [-0.39, 0.29) is 0 Å². The van der Waals surface area contributed by atoms with Gasteiger partial charge >= 0.3 is 0 Å². The lowest BCUT2D eigenvalue weighted by Gasteiger charge is -2.13. The number of aromatic nitrogens is 3. The molecule has 0 bridgehead atoms. The van der Waals surface area contributed by atoms with E-state index in [1.54, 1.807) is 0 Å². The second-order valence-corrected chi connectivity index (χ2v) is 11.7. The van der Waals surface area contributed by atoms with Gasteiger partial charge in [0, 0.05) is 33.0 Å². The van der Waals surface area contributed by atoms with Crippen LogP contribution in [0.2, 0.25) is 0 Å². The highest BCUT2D eigenvalue weighted by Gasteiger charge is 2.15. The molecule has 0 aliphatic heterocycles. The molecule has 3 heteroatoms. The summed E-state index contributed by atoms with van der Waals surface area (Å²) in [5.41, 5.74) is 7.99. The summed E-state index contributed by atoms with van der Waals surface area (Å²) in [6.07, 6.45) is 0. The van der Waals surface area contributed by atoms with Crippen molar-refractivity contribution in [2.45, 2.75) is 0 Å². The predicted octanol–water partition coefficient (Wildman–Crippen LogP) is 11.2. The van der Waals surface area contributed by atoms with E-state index in [0.717, 1.165) is 61.0 Å². The first-order chi connectivity index (χ1) is 22.8. The van der Waals surface area contributed by atoms with Crippen molar-refractivity contribution in [2.75, 3.05) is 0 Å². The van der Waals surface area contributed by atoms with Crippen molar-refractivity contribution < 1.29 is 0 Å². The van der Waals surface area contributed by atoms with E-state index in [1.165, 1.54) is 21.5 Å². The van der Waals surface area contributed by atoms with Crippen molar-refractivity contribution in [2.24, 2.45) is 0 Å². The summed E-state index contributed by atoms with van der Waals surface area (Å²) in [5, 5.41) is 8.04. The van der Waals surface area contributed by atoms with E-state index in [9.17, 15) is 0 Å². The molecule has 3 nitrogen and oxygen atoms in total. The highest BCUT2D eigenvalue weighted by atomic mass is 14.9. The Hall–Kier alpha value is -6.19. The standard InChI is InChI=1S/C43H27N3/c1-2-12-31(13-3-1)43-45-41(34-23-20-28-10-4-5-14-32(28)26-34)37-25-24-30-21-22-33(27-38(30)42(37)46-43)39-18-9-19-40(44-39)36-17-8-15-29-11-6-7-16-35(29)36/h1-27H. The van der Waals surface area contributed by atoms with Gasteiger partial charge in [-0.3, -0.25) is 0 Å². The summed E-state index contributed by atoms with van der Waals surface area (Å²) < 4.78 is 0. The highest BCUT2D eigenvalue weighted by Crippen LogP contribution is 2.36. The molecule has 7 aromatic carbocycles. The molecule has 0 radical (unpaired) electrons. The summed E-state index contributed by atoms with van der Waals surface area (Å²) in [6, 6.07) is 57.3. The highest BCUT2D eigenvalue weighted by molar-refractivity contribution is 6.11. The van der Waals surface area contributed by atoms with E-state index >= 15 is 0 Å². The van der Waals surface area contributed by atoms with E-state index in [2.05, 4.69) is 146 Å². The number of benzene rings is 7. The van der Waals surface area contributed by atoms with Gasteiger partial charge < -0.3 is 0 Å². The molecule has 0 N–H and O–H groups in total. The van der Waals surface area contributed by atoms with Gasteiger partial charge in [-0.2, -0.15) is 0 Å². The number of hydrogen-bond donors (Lipinski definition) is 0. The fourth-order valence-electron chi connectivity index (χ4n) is 6.54. The normalized spacial score (nSPS) is 11.5. The van der Waals surface area contributed by atoms with Crippen LogP contribution in [-0.4, -0.2) is 15.0 Å². The Morgan fingerprint density at radius 2 is 1.00 bits per heavy atom. The number of rotatable bonds is 4. The Morgan fingerprint density at radius 1 is 0.326 bits per heavy atom. The maximum absolute atomic E-state index is 5.22. The monoisotopic (exact) mass is 585 g/mol. The molecule has 0 unspecified atom stereocenters. The number of hydrogen-bond acceptors (Lipinski definition) is 3. The Labute approximate surface area is 266 Å². The summed E-state index contributed by atoms with van der Waals surface area (Å²) in [5.74, 6) is 0.713. The molecule has 0 saturated carbocycles. The molecule has 0 spiro atoms. The predicted molar refractivity (Wildman–Crippen MR) is 192 cm³/mol. The third-order valence-electron chi connectivity index (χ3n) is 8.85. The van der Waals surface area contributed by atoms with Crippen molar-refractivity contribution >= 4 is 43.2 Å². The van der Waals surface area contributed by atoms with Crippen LogP contribution in [0.3, 0.4) is 0 Å². The molecule has 0 aliphatic carbocycles. The fourth-order valence-corrected chi connectivity index (χ4v) is 6.54. The van der Waals surface area contributed by atoms with Gasteiger partial charge in [-0.05, 0) is 57.3 Å². The van der Waals surface area contributed by atoms with Gasteiger partial charge in [-0.25, -0.2) is 15.0 Å². The van der Waals surface area contributed by atoms with E-state index < -0.39 is 0 Å². The minimum Gasteiger partial charge on any atom is -0.248 e. The van der Waals surface area contributed by atoms with Crippen LogP contribution in [0.4, 0.5) is 0 Å². The second kappa shape index (κ2) is 10.8. The third kappa shape index (κ3) is 4.49. The second-order valence-electron chi connectivity index (χ2n) is 11.7. The Balaban J connectivity index is 1.26. The van der Waals surface area contributed by atoms with Crippen LogP contribution in [0.1, 0.15) is 0 Å². The zero-order chi connectivity index (χ0) is 30.5. The fraction of sp³-hybridized carbons (Fsp3) is 0. The van der Waals surface area contributed by atoms with Gasteiger partial charge in [0.2, 0.25) is 0 Å². The van der Waals surface area contributed by atoms with Crippen molar-refractivity contribution in [3.63, 3.8) is 0 Å². The quantitative estimate of drug-likeness (QED) is 0.193. The molecule has 0 aliphatic rings. The topological polar surface area (TPSA) is 38.7 Å². The zero-order valence-electron chi connectivity index (χ0n) is 24.9. The summed E-state index contributed by atoms with van der Waals surface area (Å²) >= 11 is 0. The minimum absolute atomic E-state index is 0.713. The van der Waals surface area contributed by atoms with Crippen LogP contribution in [0.15, 0.2) is 164 Å². The Bertz CT molecular complexity index is 2580. The molecule has 0 saturated heterocycles. The molecule has 0 atom stereocenters. The number of nitrogens with zero attached hydrogens (tertiary/aromatic N) is 3. The largest absolute Gasteiger partial charge is 0.248 e. The van der Waals surface area contributed by atoms with Crippen molar-refractivity contribution in [3.05, 3.63) is 164 Å². The van der Waals surface area contributed by atoms with Gasteiger partial charge in [0.1, 0.15) is 0 Å².